The van der Waals surface area contributed by atoms with E-state index in [1.165, 1.54) is 16.7 Å². The Kier molecular flexibility index (Phi) is 5.26. The Labute approximate surface area is 171 Å². The molecule has 0 radical (unpaired) electrons. The van der Waals surface area contributed by atoms with Crippen LogP contribution in [0.4, 0.5) is 0 Å². The van der Waals surface area contributed by atoms with Crippen LogP contribution in [-0.2, 0) is 14.4 Å². The van der Waals surface area contributed by atoms with Gasteiger partial charge in [-0.05, 0) is 17.7 Å². The highest BCUT2D eigenvalue weighted by atomic mass is 32.2. The highest BCUT2D eigenvalue weighted by molar-refractivity contribution is 8.00. The summed E-state index contributed by atoms with van der Waals surface area (Å²) in [5.74, 6) is -1.02. The second kappa shape index (κ2) is 8.00. The zero-order valence-electron chi connectivity index (χ0n) is 15.3. The number of thioether (sulfide) groups is 1. The molecule has 4 rings (SSSR count). The van der Waals surface area contributed by atoms with E-state index in [9.17, 15) is 19.5 Å². The fourth-order valence-electron chi connectivity index (χ4n) is 3.36. The van der Waals surface area contributed by atoms with E-state index in [-0.39, 0.29) is 12.3 Å². The number of nitrogens with zero attached hydrogens (tertiary/aromatic N) is 1. The topological polar surface area (TPSA) is 95.9 Å². The monoisotopic (exact) mass is 410 g/mol. The predicted octanol–water partition coefficient (Wildman–Crippen LogP) is 1.96. The van der Waals surface area contributed by atoms with Crippen molar-refractivity contribution in [2.75, 3.05) is 12.4 Å². The number of hydrogen-bond donors (Lipinski definition) is 2. The number of rotatable bonds is 6. The van der Waals surface area contributed by atoms with Crippen LogP contribution in [0.5, 0.6) is 5.75 Å². The van der Waals surface area contributed by atoms with Gasteiger partial charge in [-0.2, -0.15) is 0 Å². The lowest BCUT2D eigenvalue weighted by molar-refractivity contribution is -0.150. The third-order valence-electron chi connectivity index (χ3n) is 4.72. The smallest absolute Gasteiger partial charge is 0.352 e. The Balaban J connectivity index is 1.46. The summed E-state index contributed by atoms with van der Waals surface area (Å²) in [6, 6.07) is 17.3. The lowest BCUT2D eigenvalue weighted by Gasteiger charge is -2.49. The van der Waals surface area contributed by atoms with Crippen LogP contribution >= 0.6 is 11.8 Å². The molecule has 0 unspecified atom stereocenters. The summed E-state index contributed by atoms with van der Waals surface area (Å²) >= 11 is 1.43. The molecular weight excluding hydrogens is 392 g/mol. The predicted molar refractivity (Wildman–Crippen MR) is 108 cm³/mol. The molecule has 29 heavy (non-hydrogen) atoms. The van der Waals surface area contributed by atoms with E-state index in [1.54, 1.807) is 24.3 Å². The van der Waals surface area contributed by atoms with Gasteiger partial charge in [0, 0.05) is 11.3 Å². The van der Waals surface area contributed by atoms with E-state index in [2.05, 4.69) is 5.32 Å². The third-order valence-corrected chi connectivity index (χ3v) is 6.00. The average molecular weight is 410 g/mol. The molecule has 0 saturated carbocycles. The van der Waals surface area contributed by atoms with Crippen molar-refractivity contribution in [3.05, 3.63) is 71.9 Å². The average Bonchev–Trinajstić information content (AvgIpc) is 2.76. The molecule has 7 nitrogen and oxygen atoms in total. The first-order valence-corrected chi connectivity index (χ1v) is 10.0. The zero-order chi connectivity index (χ0) is 20.4. The maximum atomic E-state index is 12.7. The molecule has 2 aromatic carbocycles. The number of benzene rings is 2. The van der Waals surface area contributed by atoms with Crippen molar-refractivity contribution in [3.63, 3.8) is 0 Å². The minimum absolute atomic E-state index is 0.0176. The first-order chi connectivity index (χ1) is 14.1. The third kappa shape index (κ3) is 3.71. The van der Waals surface area contributed by atoms with Gasteiger partial charge >= 0.3 is 5.97 Å². The van der Waals surface area contributed by atoms with Gasteiger partial charge in [0.2, 0.25) is 0 Å². The van der Waals surface area contributed by atoms with Gasteiger partial charge in [0.25, 0.3) is 11.8 Å². The van der Waals surface area contributed by atoms with Gasteiger partial charge in [0.1, 0.15) is 22.9 Å². The van der Waals surface area contributed by atoms with E-state index in [0.717, 1.165) is 5.56 Å². The van der Waals surface area contributed by atoms with Crippen LogP contribution < -0.4 is 10.1 Å². The Bertz CT molecular complexity index is 977. The first-order valence-electron chi connectivity index (χ1n) is 9.00. The molecule has 1 fully saturated rings. The fraction of sp³-hybridized carbons (Fsp3) is 0.190. The van der Waals surface area contributed by atoms with E-state index in [0.29, 0.717) is 17.1 Å². The Morgan fingerprint density at radius 1 is 1.10 bits per heavy atom. The maximum Gasteiger partial charge on any atom is 0.352 e. The highest BCUT2D eigenvalue weighted by Crippen LogP contribution is 2.43. The first kappa shape index (κ1) is 19.1. The van der Waals surface area contributed by atoms with Gasteiger partial charge < -0.3 is 15.2 Å². The molecule has 2 atom stereocenters. The number of fused-ring (bicyclic) bond motifs is 1. The minimum Gasteiger partial charge on any atom is -0.484 e. The molecule has 2 N–H and O–H groups in total. The van der Waals surface area contributed by atoms with Gasteiger partial charge in [-0.15, -0.1) is 11.8 Å². The number of carboxylic acid groups (broad SMARTS) is 1. The van der Waals surface area contributed by atoms with Gasteiger partial charge in [0.15, 0.2) is 6.61 Å². The Morgan fingerprint density at radius 3 is 2.41 bits per heavy atom. The molecule has 0 spiro atoms. The van der Waals surface area contributed by atoms with Crippen LogP contribution in [-0.4, -0.2) is 51.6 Å². The van der Waals surface area contributed by atoms with E-state index in [1.807, 2.05) is 36.4 Å². The molecular formula is C21H18N2O5S. The quantitative estimate of drug-likeness (QED) is 0.707. The number of carbonyl (C=O) groups is 3. The molecule has 2 aromatic rings. The number of amides is 2. The van der Waals surface area contributed by atoms with Gasteiger partial charge in [0.05, 0.1) is 0 Å². The van der Waals surface area contributed by atoms with Crippen LogP contribution in [0.3, 0.4) is 0 Å². The number of ether oxygens (including phenoxy) is 1. The van der Waals surface area contributed by atoms with Crippen molar-refractivity contribution in [1.29, 1.82) is 0 Å². The van der Waals surface area contributed by atoms with Gasteiger partial charge in [-0.3, -0.25) is 14.5 Å². The van der Waals surface area contributed by atoms with Crippen LogP contribution in [0.2, 0.25) is 0 Å². The minimum atomic E-state index is -1.15. The molecule has 0 aromatic heterocycles. The lowest BCUT2D eigenvalue weighted by Crippen LogP contribution is -2.70. The van der Waals surface area contributed by atoms with Crippen molar-refractivity contribution in [3.8, 4) is 5.75 Å². The Hall–Kier alpha value is -3.26. The largest absolute Gasteiger partial charge is 0.484 e. The second-order valence-electron chi connectivity index (χ2n) is 6.56. The number of carbonyl (C=O) groups excluding carboxylic acids is 2. The number of aliphatic carboxylic acids is 1. The number of carboxylic acids is 1. The summed E-state index contributed by atoms with van der Waals surface area (Å²) in [7, 11) is 0. The van der Waals surface area contributed by atoms with Crippen molar-refractivity contribution in [2.24, 2.45) is 0 Å². The summed E-state index contributed by atoms with van der Waals surface area (Å²) in [4.78, 5) is 38.0. The van der Waals surface area contributed by atoms with Crippen molar-refractivity contribution >= 4 is 35.1 Å². The van der Waals surface area contributed by atoms with Gasteiger partial charge in [-0.25, -0.2) is 4.79 Å². The van der Waals surface area contributed by atoms with E-state index >= 15 is 0 Å². The Morgan fingerprint density at radius 2 is 1.76 bits per heavy atom. The van der Waals surface area contributed by atoms with Crippen LogP contribution in [0.1, 0.15) is 5.56 Å². The van der Waals surface area contributed by atoms with Crippen LogP contribution in [0.25, 0.3) is 5.57 Å². The van der Waals surface area contributed by atoms with Crippen LogP contribution in [0.15, 0.2) is 66.4 Å². The molecule has 148 valence electrons. The molecule has 2 heterocycles. The summed E-state index contributed by atoms with van der Waals surface area (Å²) in [6.45, 7) is -0.220. The number of nitrogens with one attached hydrogen (secondary N) is 1. The van der Waals surface area contributed by atoms with Gasteiger partial charge in [-0.1, -0.05) is 48.5 Å². The van der Waals surface area contributed by atoms with Crippen LogP contribution in [0, 0.1) is 0 Å². The molecule has 1 saturated heterocycles. The normalized spacial score (nSPS) is 20.6. The lowest BCUT2D eigenvalue weighted by atomic mass is 9.99. The SMILES string of the molecule is O=C(COc1ccccc1)N[C@@H]1C(=O)N2C(C(=O)O)=C(c3ccccc3)CS[C@@H]12. The number of hydrogen-bond acceptors (Lipinski definition) is 5. The van der Waals surface area contributed by atoms with Crippen molar-refractivity contribution < 1.29 is 24.2 Å². The highest BCUT2D eigenvalue weighted by Gasteiger charge is 2.54. The molecule has 2 aliphatic heterocycles. The maximum absolute atomic E-state index is 12.7. The molecule has 0 aliphatic carbocycles. The summed E-state index contributed by atoms with van der Waals surface area (Å²) < 4.78 is 5.40. The fourth-order valence-corrected chi connectivity index (χ4v) is 4.74. The van der Waals surface area contributed by atoms with E-state index < -0.39 is 29.2 Å². The van der Waals surface area contributed by atoms with Crippen molar-refractivity contribution in [1.82, 2.24) is 10.2 Å². The number of para-hydroxylation sites is 1. The molecule has 8 heteroatoms. The summed E-state index contributed by atoms with van der Waals surface area (Å²) in [6.07, 6.45) is 0. The standard InChI is InChI=1S/C21H18N2O5S/c24-16(11-28-14-9-5-2-6-10-14)22-17-19(25)23-18(21(26)27)15(12-29-20(17)23)13-7-3-1-4-8-13/h1-10,17,20H,11-12H2,(H,22,24)(H,26,27)/t17-,20+/m1/s1. The number of β-lactam (4-membered cyclic amide) rings is 1. The molecule has 0 bridgehead atoms. The summed E-state index contributed by atoms with van der Waals surface area (Å²) in [5.41, 5.74) is 1.35. The molecule has 2 amide bonds. The zero-order valence-corrected chi connectivity index (χ0v) is 16.1. The molecule has 2 aliphatic rings. The summed E-state index contributed by atoms with van der Waals surface area (Å²) in [5, 5.41) is 11.9. The van der Waals surface area contributed by atoms with Crippen molar-refractivity contribution in [2.45, 2.75) is 11.4 Å². The second-order valence-corrected chi connectivity index (χ2v) is 7.66. The van der Waals surface area contributed by atoms with E-state index in [4.69, 9.17) is 4.74 Å².